The van der Waals surface area contributed by atoms with Gasteiger partial charge in [0.15, 0.2) is 11.3 Å². The standard InChI is InChI=1S/C16H21N3O4/c1-3-4-7-15(17-18-15)8-5-13(20)19-10-12-6-9-23-16(12,11-19)14(21)22-2/h1,12H,4-11H2,2H3/t12-,16+/m1/s1. The van der Waals surface area contributed by atoms with Gasteiger partial charge in [-0.2, -0.15) is 10.2 Å². The number of fused-ring (bicyclic) bond motifs is 1. The molecule has 3 aliphatic rings. The van der Waals surface area contributed by atoms with Crippen LogP contribution in [0.1, 0.15) is 32.1 Å². The SMILES string of the molecule is C#CCCC1(CCC(=O)N2C[C@H]3CCO[C@@]3(C(=O)OC)C2)N=N1. The second-order valence-corrected chi connectivity index (χ2v) is 6.38. The van der Waals surface area contributed by atoms with Crippen molar-refractivity contribution in [1.82, 2.24) is 4.90 Å². The van der Waals surface area contributed by atoms with E-state index >= 15 is 0 Å². The third-order valence-electron chi connectivity index (χ3n) is 5.03. The van der Waals surface area contributed by atoms with E-state index in [4.69, 9.17) is 15.9 Å². The number of ether oxygens (including phenoxy) is 2. The summed E-state index contributed by atoms with van der Waals surface area (Å²) in [6.07, 6.45) is 8.25. The molecule has 0 spiro atoms. The largest absolute Gasteiger partial charge is 0.467 e. The fourth-order valence-corrected chi connectivity index (χ4v) is 3.55. The summed E-state index contributed by atoms with van der Waals surface area (Å²) in [6, 6.07) is 0. The molecule has 2 saturated heterocycles. The maximum absolute atomic E-state index is 12.5. The van der Waals surface area contributed by atoms with Crippen LogP contribution in [0.2, 0.25) is 0 Å². The first-order chi connectivity index (χ1) is 11.1. The van der Waals surface area contributed by atoms with Crippen LogP contribution < -0.4 is 0 Å². The number of hydrogen-bond donors (Lipinski definition) is 0. The molecule has 7 nitrogen and oxygen atoms in total. The number of methoxy groups -OCH3 is 1. The lowest BCUT2D eigenvalue weighted by molar-refractivity contribution is -0.165. The second kappa shape index (κ2) is 5.93. The molecule has 2 fully saturated rings. The number of hydrogen-bond acceptors (Lipinski definition) is 6. The topological polar surface area (TPSA) is 80.6 Å². The molecule has 0 radical (unpaired) electrons. The summed E-state index contributed by atoms with van der Waals surface area (Å²) < 4.78 is 10.6. The van der Waals surface area contributed by atoms with Crippen LogP contribution >= 0.6 is 0 Å². The van der Waals surface area contributed by atoms with E-state index in [1.54, 1.807) is 4.90 Å². The first kappa shape index (κ1) is 15.9. The number of nitrogens with zero attached hydrogens (tertiary/aromatic N) is 3. The highest BCUT2D eigenvalue weighted by molar-refractivity contribution is 5.84. The summed E-state index contributed by atoms with van der Waals surface area (Å²) >= 11 is 0. The second-order valence-electron chi connectivity index (χ2n) is 6.38. The summed E-state index contributed by atoms with van der Waals surface area (Å²) in [6.45, 7) is 1.35. The van der Waals surface area contributed by atoms with Crippen molar-refractivity contribution in [3.05, 3.63) is 0 Å². The molecule has 23 heavy (non-hydrogen) atoms. The molecule has 3 rings (SSSR count). The molecule has 0 unspecified atom stereocenters. The monoisotopic (exact) mass is 319 g/mol. The summed E-state index contributed by atoms with van der Waals surface area (Å²) in [5.41, 5.74) is -1.42. The van der Waals surface area contributed by atoms with E-state index < -0.39 is 11.3 Å². The van der Waals surface area contributed by atoms with E-state index in [2.05, 4.69) is 16.1 Å². The summed E-state index contributed by atoms with van der Waals surface area (Å²) in [7, 11) is 1.35. The van der Waals surface area contributed by atoms with Crippen molar-refractivity contribution in [2.75, 3.05) is 26.8 Å². The number of likely N-dealkylation sites (tertiary alicyclic amines) is 1. The first-order valence-corrected chi connectivity index (χ1v) is 7.93. The molecular formula is C16H21N3O4. The number of carbonyl (C=O) groups excluding carboxylic acids is 2. The fourth-order valence-electron chi connectivity index (χ4n) is 3.55. The van der Waals surface area contributed by atoms with Crippen molar-refractivity contribution in [3.63, 3.8) is 0 Å². The van der Waals surface area contributed by atoms with E-state index in [0.29, 0.717) is 38.8 Å². The minimum absolute atomic E-state index is 0.00339. The van der Waals surface area contributed by atoms with Gasteiger partial charge >= 0.3 is 5.97 Å². The van der Waals surface area contributed by atoms with E-state index in [-0.39, 0.29) is 24.3 Å². The molecular weight excluding hydrogens is 298 g/mol. The zero-order valence-corrected chi connectivity index (χ0v) is 13.3. The third-order valence-corrected chi connectivity index (χ3v) is 5.03. The van der Waals surface area contributed by atoms with Crippen LogP contribution in [0.3, 0.4) is 0 Å². The Labute approximate surface area is 135 Å². The summed E-state index contributed by atoms with van der Waals surface area (Å²) in [4.78, 5) is 26.3. The van der Waals surface area contributed by atoms with Crippen LogP contribution in [0.5, 0.6) is 0 Å². The summed E-state index contributed by atoms with van der Waals surface area (Å²) in [5.74, 6) is 2.21. The lowest BCUT2D eigenvalue weighted by atomic mass is 9.91. The van der Waals surface area contributed by atoms with Crippen molar-refractivity contribution < 1.29 is 19.1 Å². The molecule has 124 valence electrons. The van der Waals surface area contributed by atoms with Crippen LogP contribution in [-0.4, -0.2) is 54.8 Å². The van der Waals surface area contributed by atoms with E-state index in [1.807, 2.05) is 0 Å². The summed E-state index contributed by atoms with van der Waals surface area (Å²) in [5, 5.41) is 8.08. The van der Waals surface area contributed by atoms with E-state index in [1.165, 1.54) is 7.11 Å². The Morgan fingerprint density at radius 3 is 2.87 bits per heavy atom. The van der Waals surface area contributed by atoms with Gasteiger partial charge in [-0.15, -0.1) is 12.3 Å². The van der Waals surface area contributed by atoms with Gasteiger partial charge < -0.3 is 14.4 Å². The molecule has 0 aromatic rings. The maximum Gasteiger partial charge on any atom is 0.340 e. The van der Waals surface area contributed by atoms with Crippen LogP contribution in [0.25, 0.3) is 0 Å². The highest BCUT2D eigenvalue weighted by atomic mass is 16.6. The van der Waals surface area contributed by atoms with E-state index in [9.17, 15) is 9.59 Å². The zero-order valence-electron chi connectivity index (χ0n) is 13.3. The maximum atomic E-state index is 12.5. The minimum atomic E-state index is -0.972. The van der Waals surface area contributed by atoms with Crippen LogP contribution in [0, 0.1) is 18.3 Å². The molecule has 2 atom stereocenters. The Morgan fingerprint density at radius 1 is 1.43 bits per heavy atom. The number of terminal acetylenes is 1. The predicted octanol–water partition coefficient (Wildman–Crippen LogP) is 1.13. The zero-order chi connectivity index (χ0) is 16.5. The molecule has 0 aliphatic carbocycles. The van der Waals surface area contributed by atoms with Crippen molar-refractivity contribution in [3.8, 4) is 12.3 Å². The quantitative estimate of drug-likeness (QED) is 0.543. The van der Waals surface area contributed by atoms with E-state index in [0.717, 1.165) is 6.42 Å². The van der Waals surface area contributed by atoms with Gasteiger partial charge in [0.2, 0.25) is 5.91 Å². The van der Waals surface area contributed by atoms with Gasteiger partial charge in [0, 0.05) is 44.8 Å². The van der Waals surface area contributed by atoms with Crippen LogP contribution in [0.15, 0.2) is 10.2 Å². The molecule has 0 aromatic heterocycles. The highest BCUT2D eigenvalue weighted by Gasteiger charge is 2.58. The first-order valence-electron chi connectivity index (χ1n) is 7.93. The van der Waals surface area contributed by atoms with Crippen molar-refractivity contribution in [1.29, 1.82) is 0 Å². The van der Waals surface area contributed by atoms with Gasteiger partial charge in [0.05, 0.1) is 13.7 Å². The van der Waals surface area contributed by atoms with Gasteiger partial charge in [-0.1, -0.05) is 0 Å². The molecule has 0 aromatic carbocycles. The van der Waals surface area contributed by atoms with Crippen LogP contribution in [0.4, 0.5) is 0 Å². The molecule has 3 heterocycles. The lowest BCUT2D eigenvalue weighted by Gasteiger charge is -2.25. The third kappa shape index (κ3) is 2.83. The Kier molecular flexibility index (Phi) is 4.11. The number of carbonyl (C=O) groups is 2. The molecule has 7 heteroatoms. The normalized spacial score (nSPS) is 29.9. The lowest BCUT2D eigenvalue weighted by Crippen LogP contribution is -2.46. The van der Waals surface area contributed by atoms with Gasteiger partial charge in [0.1, 0.15) is 0 Å². The van der Waals surface area contributed by atoms with Crippen molar-refractivity contribution in [2.45, 2.75) is 43.4 Å². The minimum Gasteiger partial charge on any atom is -0.467 e. The fraction of sp³-hybridized carbons (Fsp3) is 0.750. The number of rotatable bonds is 6. The van der Waals surface area contributed by atoms with Gasteiger partial charge in [-0.05, 0) is 6.42 Å². The van der Waals surface area contributed by atoms with Crippen molar-refractivity contribution >= 4 is 11.9 Å². The molecule has 3 aliphatic heterocycles. The molecule has 0 N–H and O–H groups in total. The highest BCUT2D eigenvalue weighted by Crippen LogP contribution is 2.41. The molecule has 0 saturated carbocycles. The average molecular weight is 319 g/mol. The molecule has 0 bridgehead atoms. The molecule has 1 amide bonds. The predicted molar refractivity (Wildman–Crippen MR) is 80.3 cm³/mol. The Hall–Kier alpha value is -1.94. The Balaban J connectivity index is 1.56. The van der Waals surface area contributed by atoms with Crippen LogP contribution in [-0.2, 0) is 19.1 Å². The Bertz CT molecular complexity index is 576. The Morgan fingerprint density at radius 2 is 2.22 bits per heavy atom. The van der Waals surface area contributed by atoms with Gasteiger partial charge in [-0.3, -0.25) is 4.79 Å². The van der Waals surface area contributed by atoms with Gasteiger partial charge in [0.25, 0.3) is 0 Å². The van der Waals surface area contributed by atoms with Gasteiger partial charge in [-0.25, -0.2) is 4.79 Å². The number of esters is 1. The smallest absolute Gasteiger partial charge is 0.340 e. The average Bonchev–Trinajstić information content (AvgIpc) is 3.05. The number of amides is 1. The van der Waals surface area contributed by atoms with Crippen molar-refractivity contribution in [2.24, 2.45) is 16.1 Å².